The third-order valence-electron chi connectivity index (χ3n) is 2.69. The van der Waals surface area contributed by atoms with Gasteiger partial charge in [0.25, 0.3) is 0 Å². The van der Waals surface area contributed by atoms with Gasteiger partial charge in [-0.25, -0.2) is 0 Å². The Bertz CT molecular complexity index is 332. The summed E-state index contributed by atoms with van der Waals surface area (Å²) in [6, 6.07) is 6.07. The first-order valence-corrected chi connectivity index (χ1v) is 5.34. The van der Waals surface area contributed by atoms with E-state index in [2.05, 4.69) is 0 Å². The van der Waals surface area contributed by atoms with Crippen LogP contribution >= 0.6 is 0 Å². The molecule has 1 atom stereocenters. The van der Waals surface area contributed by atoms with Gasteiger partial charge in [-0.2, -0.15) is 0 Å². The average molecular weight is 207 g/mol. The van der Waals surface area contributed by atoms with Crippen molar-refractivity contribution in [1.29, 1.82) is 0 Å². The molecule has 15 heavy (non-hydrogen) atoms. The summed E-state index contributed by atoms with van der Waals surface area (Å²) in [6.07, 6.45) is 1.16. The lowest BCUT2D eigenvalue weighted by Crippen LogP contribution is -2.18. The molecule has 3 nitrogen and oxygen atoms in total. The molecule has 82 valence electrons. The summed E-state index contributed by atoms with van der Waals surface area (Å²) in [5.74, 6) is 0.940. The number of ether oxygens (including phenoxy) is 2. The molecule has 0 bridgehead atoms. The molecule has 0 spiro atoms. The second kappa shape index (κ2) is 4.64. The van der Waals surface area contributed by atoms with Crippen LogP contribution in [0.25, 0.3) is 0 Å². The molecule has 1 unspecified atom stereocenters. The first-order valence-electron chi connectivity index (χ1n) is 5.34. The molecular formula is C12H17NO2. The van der Waals surface area contributed by atoms with Crippen LogP contribution in [0.3, 0.4) is 0 Å². The van der Waals surface area contributed by atoms with Gasteiger partial charge in [0.2, 0.25) is 0 Å². The van der Waals surface area contributed by atoms with Crippen LogP contribution < -0.4 is 10.5 Å². The minimum absolute atomic E-state index is 0.191. The van der Waals surface area contributed by atoms with Gasteiger partial charge in [-0.3, -0.25) is 0 Å². The van der Waals surface area contributed by atoms with Crippen molar-refractivity contribution in [3.8, 4) is 5.75 Å². The van der Waals surface area contributed by atoms with Crippen molar-refractivity contribution >= 4 is 0 Å². The number of benzene rings is 1. The quantitative estimate of drug-likeness (QED) is 0.819. The highest BCUT2D eigenvalue weighted by molar-refractivity contribution is 5.40. The van der Waals surface area contributed by atoms with Crippen LogP contribution in [0.2, 0.25) is 0 Å². The van der Waals surface area contributed by atoms with Gasteiger partial charge < -0.3 is 15.2 Å². The predicted molar refractivity (Wildman–Crippen MR) is 58.9 cm³/mol. The minimum Gasteiger partial charge on any atom is -0.487 e. The third kappa shape index (κ3) is 2.30. The highest BCUT2D eigenvalue weighted by Gasteiger charge is 2.19. The van der Waals surface area contributed by atoms with Crippen molar-refractivity contribution < 1.29 is 9.47 Å². The standard InChI is InChI=1S/C12H17NO2/c1-9-3-2-4-10(7-13)12(9)15-11-5-6-14-8-11/h2-4,11H,5-8,13H2,1H3. The fourth-order valence-electron chi connectivity index (χ4n) is 1.82. The summed E-state index contributed by atoms with van der Waals surface area (Å²) in [5.41, 5.74) is 7.90. The lowest BCUT2D eigenvalue weighted by molar-refractivity contribution is 0.140. The number of hydrogen-bond acceptors (Lipinski definition) is 3. The summed E-state index contributed by atoms with van der Waals surface area (Å²) < 4.78 is 11.2. The summed E-state index contributed by atoms with van der Waals surface area (Å²) >= 11 is 0. The molecule has 1 saturated heterocycles. The fourth-order valence-corrected chi connectivity index (χ4v) is 1.82. The van der Waals surface area contributed by atoms with E-state index in [4.69, 9.17) is 15.2 Å². The van der Waals surface area contributed by atoms with E-state index in [-0.39, 0.29) is 6.10 Å². The summed E-state index contributed by atoms with van der Waals surface area (Å²) in [4.78, 5) is 0. The van der Waals surface area contributed by atoms with E-state index in [1.807, 2.05) is 25.1 Å². The Hall–Kier alpha value is -1.06. The van der Waals surface area contributed by atoms with E-state index in [0.29, 0.717) is 13.2 Å². The number of aryl methyl sites for hydroxylation is 1. The Balaban J connectivity index is 2.17. The maximum Gasteiger partial charge on any atom is 0.127 e. The normalized spacial score (nSPS) is 20.5. The van der Waals surface area contributed by atoms with Gasteiger partial charge in [-0.15, -0.1) is 0 Å². The van der Waals surface area contributed by atoms with E-state index in [1.54, 1.807) is 0 Å². The molecule has 0 aromatic heterocycles. The topological polar surface area (TPSA) is 44.5 Å². The van der Waals surface area contributed by atoms with Crippen molar-refractivity contribution in [3.05, 3.63) is 29.3 Å². The highest BCUT2D eigenvalue weighted by atomic mass is 16.5. The van der Waals surface area contributed by atoms with Crippen LogP contribution in [0.4, 0.5) is 0 Å². The van der Waals surface area contributed by atoms with E-state index in [0.717, 1.165) is 29.9 Å². The molecule has 0 amide bonds. The lowest BCUT2D eigenvalue weighted by Gasteiger charge is -2.17. The maximum atomic E-state index is 5.92. The molecule has 0 radical (unpaired) electrons. The highest BCUT2D eigenvalue weighted by Crippen LogP contribution is 2.25. The Morgan fingerprint density at radius 2 is 2.40 bits per heavy atom. The van der Waals surface area contributed by atoms with E-state index < -0.39 is 0 Å². The van der Waals surface area contributed by atoms with E-state index in [9.17, 15) is 0 Å². The monoisotopic (exact) mass is 207 g/mol. The summed E-state index contributed by atoms with van der Waals surface area (Å²) in [5, 5.41) is 0. The van der Waals surface area contributed by atoms with Crippen LogP contribution in [0.15, 0.2) is 18.2 Å². The zero-order valence-electron chi connectivity index (χ0n) is 9.03. The Morgan fingerprint density at radius 3 is 3.07 bits per heavy atom. The first kappa shape index (κ1) is 10.5. The smallest absolute Gasteiger partial charge is 0.127 e. The van der Waals surface area contributed by atoms with Gasteiger partial charge in [0.1, 0.15) is 11.9 Å². The molecule has 1 heterocycles. The molecule has 1 aliphatic rings. The zero-order chi connectivity index (χ0) is 10.7. The number of rotatable bonds is 3. The second-order valence-corrected chi connectivity index (χ2v) is 3.87. The van der Waals surface area contributed by atoms with Gasteiger partial charge >= 0.3 is 0 Å². The average Bonchev–Trinajstić information content (AvgIpc) is 2.74. The van der Waals surface area contributed by atoms with Gasteiger partial charge in [-0.1, -0.05) is 18.2 Å². The Morgan fingerprint density at radius 1 is 1.53 bits per heavy atom. The van der Waals surface area contributed by atoms with Gasteiger partial charge in [0.15, 0.2) is 0 Å². The molecule has 0 saturated carbocycles. The summed E-state index contributed by atoms with van der Waals surface area (Å²) in [7, 11) is 0. The molecule has 0 aliphatic carbocycles. The molecule has 1 fully saturated rings. The van der Waals surface area contributed by atoms with Crippen molar-refractivity contribution in [1.82, 2.24) is 0 Å². The molecule has 3 heteroatoms. The lowest BCUT2D eigenvalue weighted by atomic mass is 10.1. The van der Waals surface area contributed by atoms with Gasteiger partial charge in [-0.05, 0) is 12.5 Å². The van der Waals surface area contributed by atoms with E-state index >= 15 is 0 Å². The molecule has 1 aliphatic heterocycles. The summed E-state index contributed by atoms with van der Waals surface area (Å²) in [6.45, 7) is 4.06. The third-order valence-corrected chi connectivity index (χ3v) is 2.69. The molecule has 1 aromatic carbocycles. The SMILES string of the molecule is Cc1cccc(CN)c1OC1CCOC1. The minimum atomic E-state index is 0.191. The van der Waals surface area contributed by atoms with Crippen molar-refractivity contribution in [2.75, 3.05) is 13.2 Å². The Labute approximate surface area is 90.2 Å². The van der Waals surface area contributed by atoms with Crippen LogP contribution in [0, 0.1) is 6.92 Å². The molecule has 2 N–H and O–H groups in total. The van der Waals surface area contributed by atoms with Crippen molar-refractivity contribution in [3.63, 3.8) is 0 Å². The Kier molecular flexibility index (Phi) is 3.23. The number of hydrogen-bond donors (Lipinski definition) is 1. The van der Waals surface area contributed by atoms with Gasteiger partial charge in [0, 0.05) is 18.5 Å². The van der Waals surface area contributed by atoms with E-state index in [1.165, 1.54) is 0 Å². The zero-order valence-corrected chi connectivity index (χ0v) is 9.03. The predicted octanol–water partition coefficient (Wildman–Crippen LogP) is 1.62. The maximum absolute atomic E-state index is 5.92. The first-order chi connectivity index (χ1) is 7.31. The number of nitrogens with two attached hydrogens (primary N) is 1. The van der Waals surface area contributed by atoms with Crippen LogP contribution in [0.1, 0.15) is 17.5 Å². The molecule has 2 rings (SSSR count). The van der Waals surface area contributed by atoms with Crippen molar-refractivity contribution in [2.45, 2.75) is 26.0 Å². The van der Waals surface area contributed by atoms with Crippen LogP contribution in [-0.2, 0) is 11.3 Å². The largest absolute Gasteiger partial charge is 0.487 e. The van der Waals surface area contributed by atoms with Gasteiger partial charge in [0.05, 0.1) is 13.2 Å². The molecule has 1 aromatic rings. The fraction of sp³-hybridized carbons (Fsp3) is 0.500. The molecular weight excluding hydrogens is 190 g/mol. The van der Waals surface area contributed by atoms with Crippen LogP contribution in [0.5, 0.6) is 5.75 Å². The number of para-hydroxylation sites is 1. The van der Waals surface area contributed by atoms with Crippen LogP contribution in [-0.4, -0.2) is 19.3 Å². The second-order valence-electron chi connectivity index (χ2n) is 3.87. The van der Waals surface area contributed by atoms with Crippen molar-refractivity contribution in [2.24, 2.45) is 5.73 Å².